The molecule has 1 aromatic rings. The topological polar surface area (TPSA) is 56.0 Å². The van der Waals surface area contributed by atoms with Gasteiger partial charge in [0, 0.05) is 11.7 Å². The minimum atomic E-state index is -0.450. The highest BCUT2D eigenvalue weighted by Gasteiger charge is 2.14. The molecule has 1 aromatic carbocycles. The van der Waals surface area contributed by atoms with E-state index in [4.69, 9.17) is 16.9 Å². The third-order valence-corrected chi connectivity index (χ3v) is 3.26. The van der Waals surface area contributed by atoms with Crippen LogP contribution >= 0.6 is 11.6 Å². The molecule has 0 radical (unpaired) electrons. The summed E-state index contributed by atoms with van der Waals surface area (Å²) in [6.45, 7) is 5.62. The van der Waals surface area contributed by atoms with Gasteiger partial charge in [0.05, 0.1) is 16.7 Å². The zero-order valence-corrected chi connectivity index (χ0v) is 11.0. The fourth-order valence-corrected chi connectivity index (χ4v) is 1.90. The summed E-state index contributed by atoms with van der Waals surface area (Å²) in [5.41, 5.74) is 2.28. The molecule has 2 atom stereocenters. The number of nitrogens with one attached hydrogen (secondary N) is 1. The monoisotopic (exact) mass is 252 g/mol. The Labute approximate surface area is 107 Å². The summed E-state index contributed by atoms with van der Waals surface area (Å²) in [5.74, 6) is 0. The number of nitrogens with zero attached hydrogens (tertiary/aromatic N) is 1. The summed E-state index contributed by atoms with van der Waals surface area (Å²) >= 11 is 6.15. The van der Waals surface area contributed by atoms with Crippen LogP contribution < -0.4 is 5.32 Å². The molecule has 0 aromatic heterocycles. The molecule has 0 unspecified atom stereocenters. The summed E-state index contributed by atoms with van der Waals surface area (Å²) < 4.78 is 0. The van der Waals surface area contributed by atoms with E-state index in [0.29, 0.717) is 10.6 Å². The second-order valence-electron chi connectivity index (χ2n) is 4.09. The average Bonchev–Trinajstić information content (AvgIpc) is 2.29. The Morgan fingerprint density at radius 1 is 1.47 bits per heavy atom. The van der Waals surface area contributed by atoms with Crippen molar-refractivity contribution in [3.05, 3.63) is 28.3 Å². The van der Waals surface area contributed by atoms with Crippen LogP contribution in [0.1, 0.15) is 31.9 Å². The van der Waals surface area contributed by atoms with Gasteiger partial charge in [-0.05, 0) is 38.0 Å². The second kappa shape index (κ2) is 5.90. The predicted molar refractivity (Wildman–Crippen MR) is 70.3 cm³/mol. The van der Waals surface area contributed by atoms with E-state index >= 15 is 0 Å². The molecule has 0 amide bonds. The van der Waals surface area contributed by atoms with Crippen LogP contribution in [0.2, 0.25) is 5.02 Å². The van der Waals surface area contributed by atoms with Crippen molar-refractivity contribution in [2.75, 3.05) is 5.32 Å². The van der Waals surface area contributed by atoms with Crippen LogP contribution in [-0.2, 0) is 6.42 Å². The van der Waals surface area contributed by atoms with Crippen LogP contribution in [0.5, 0.6) is 0 Å². The maximum Gasteiger partial charge on any atom is 0.101 e. The minimum Gasteiger partial charge on any atom is -0.391 e. The number of anilines is 1. The quantitative estimate of drug-likeness (QED) is 0.866. The summed E-state index contributed by atoms with van der Waals surface area (Å²) in [7, 11) is 0. The van der Waals surface area contributed by atoms with Crippen LogP contribution in [-0.4, -0.2) is 17.3 Å². The van der Waals surface area contributed by atoms with Gasteiger partial charge in [-0.2, -0.15) is 5.26 Å². The van der Waals surface area contributed by atoms with Crippen LogP contribution in [0.4, 0.5) is 5.69 Å². The fourth-order valence-electron chi connectivity index (χ4n) is 1.55. The third kappa shape index (κ3) is 3.12. The lowest BCUT2D eigenvalue weighted by molar-refractivity contribution is 0.178. The molecule has 0 aliphatic carbocycles. The number of hydrogen-bond donors (Lipinski definition) is 2. The number of rotatable bonds is 4. The van der Waals surface area contributed by atoms with Crippen molar-refractivity contribution in [2.45, 2.75) is 39.3 Å². The summed E-state index contributed by atoms with van der Waals surface area (Å²) in [5, 5.41) is 22.1. The van der Waals surface area contributed by atoms with E-state index in [-0.39, 0.29) is 6.04 Å². The Balaban J connectivity index is 3.10. The first-order valence-electron chi connectivity index (χ1n) is 5.67. The molecule has 0 bridgehead atoms. The molecule has 2 N–H and O–H groups in total. The van der Waals surface area contributed by atoms with Crippen LogP contribution in [0, 0.1) is 11.3 Å². The number of aliphatic hydroxyl groups excluding tert-OH is 1. The normalized spacial score (nSPS) is 13.9. The van der Waals surface area contributed by atoms with Crippen molar-refractivity contribution >= 4 is 17.3 Å². The molecule has 0 aliphatic heterocycles. The number of halogens is 1. The SMILES string of the molecule is CCc1c(N[C@@H](C)[C@@H](C)O)ccc(C#N)c1Cl. The van der Waals surface area contributed by atoms with Gasteiger partial charge < -0.3 is 10.4 Å². The van der Waals surface area contributed by atoms with Gasteiger partial charge in [0.15, 0.2) is 0 Å². The van der Waals surface area contributed by atoms with Crippen LogP contribution in [0.25, 0.3) is 0 Å². The number of aliphatic hydroxyl groups is 1. The molecular weight excluding hydrogens is 236 g/mol. The molecule has 0 heterocycles. The molecule has 1 rings (SSSR count). The van der Waals surface area contributed by atoms with Gasteiger partial charge in [0.1, 0.15) is 6.07 Å². The highest BCUT2D eigenvalue weighted by Crippen LogP contribution is 2.29. The van der Waals surface area contributed by atoms with Gasteiger partial charge in [-0.25, -0.2) is 0 Å². The first-order chi connectivity index (χ1) is 8.01. The summed E-state index contributed by atoms with van der Waals surface area (Å²) in [6, 6.07) is 5.53. The number of hydrogen-bond acceptors (Lipinski definition) is 3. The van der Waals surface area contributed by atoms with Crippen molar-refractivity contribution in [1.82, 2.24) is 0 Å². The summed E-state index contributed by atoms with van der Waals surface area (Å²) in [4.78, 5) is 0. The van der Waals surface area contributed by atoms with Crippen molar-refractivity contribution < 1.29 is 5.11 Å². The van der Waals surface area contributed by atoms with Gasteiger partial charge in [-0.1, -0.05) is 18.5 Å². The molecule has 0 spiro atoms. The average molecular weight is 253 g/mol. The fraction of sp³-hybridized carbons (Fsp3) is 0.462. The minimum absolute atomic E-state index is 0.0655. The van der Waals surface area contributed by atoms with Gasteiger partial charge in [-0.3, -0.25) is 0 Å². The van der Waals surface area contributed by atoms with E-state index in [9.17, 15) is 5.11 Å². The molecule has 0 saturated carbocycles. The van der Waals surface area contributed by atoms with Gasteiger partial charge in [-0.15, -0.1) is 0 Å². The second-order valence-corrected chi connectivity index (χ2v) is 4.47. The zero-order chi connectivity index (χ0) is 13.0. The lowest BCUT2D eigenvalue weighted by atomic mass is 10.1. The molecule has 17 heavy (non-hydrogen) atoms. The number of nitriles is 1. The van der Waals surface area contributed by atoms with E-state index in [2.05, 4.69) is 11.4 Å². The third-order valence-electron chi connectivity index (χ3n) is 2.82. The van der Waals surface area contributed by atoms with E-state index in [0.717, 1.165) is 17.7 Å². The first-order valence-corrected chi connectivity index (χ1v) is 6.05. The number of benzene rings is 1. The Hall–Kier alpha value is -1.24. The largest absolute Gasteiger partial charge is 0.391 e. The first kappa shape index (κ1) is 13.8. The Morgan fingerprint density at radius 2 is 2.12 bits per heavy atom. The van der Waals surface area contributed by atoms with Crippen molar-refractivity contribution in [3.63, 3.8) is 0 Å². The van der Waals surface area contributed by atoms with Crippen LogP contribution in [0.3, 0.4) is 0 Å². The highest BCUT2D eigenvalue weighted by molar-refractivity contribution is 6.32. The van der Waals surface area contributed by atoms with Crippen molar-refractivity contribution in [1.29, 1.82) is 5.26 Å². The highest BCUT2D eigenvalue weighted by atomic mass is 35.5. The molecular formula is C13H17ClN2O. The van der Waals surface area contributed by atoms with Gasteiger partial charge in [0.2, 0.25) is 0 Å². The molecule has 92 valence electrons. The molecule has 0 saturated heterocycles. The lowest BCUT2D eigenvalue weighted by Gasteiger charge is -2.21. The smallest absolute Gasteiger partial charge is 0.101 e. The van der Waals surface area contributed by atoms with Gasteiger partial charge >= 0.3 is 0 Å². The van der Waals surface area contributed by atoms with Gasteiger partial charge in [0.25, 0.3) is 0 Å². The Morgan fingerprint density at radius 3 is 2.59 bits per heavy atom. The van der Waals surface area contributed by atoms with E-state index in [1.54, 1.807) is 13.0 Å². The van der Waals surface area contributed by atoms with E-state index < -0.39 is 6.10 Å². The molecule has 0 fully saturated rings. The van der Waals surface area contributed by atoms with E-state index in [1.807, 2.05) is 19.9 Å². The Kier molecular flexibility index (Phi) is 4.80. The van der Waals surface area contributed by atoms with Crippen molar-refractivity contribution in [2.24, 2.45) is 0 Å². The molecule has 0 aliphatic rings. The maximum atomic E-state index is 9.47. The maximum absolute atomic E-state index is 9.47. The summed E-state index contributed by atoms with van der Waals surface area (Å²) in [6.07, 6.45) is 0.289. The van der Waals surface area contributed by atoms with Crippen molar-refractivity contribution in [3.8, 4) is 6.07 Å². The molecule has 3 nitrogen and oxygen atoms in total. The zero-order valence-electron chi connectivity index (χ0n) is 10.3. The predicted octanol–water partition coefficient (Wildman–Crippen LogP) is 2.96. The van der Waals surface area contributed by atoms with E-state index in [1.165, 1.54) is 0 Å². The van der Waals surface area contributed by atoms with Crippen LogP contribution in [0.15, 0.2) is 12.1 Å². The standard InChI is InChI=1S/C13H17ClN2O/c1-4-11-12(16-8(2)9(3)17)6-5-10(7-15)13(11)14/h5-6,8-9,16-17H,4H2,1-3H3/t8-,9+/m0/s1. The molecule has 4 heteroatoms. The Bertz CT molecular complexity index is 438. The lowest BCUT2D eigenvalue weighted by Crippen LogP contribution is -2.28.